The van der Waals surface area contributed by atoms with Gasteiger partial charge in [-0.25, -0.2) is 0 Å². The first-order valence-electron chi connectivity index (χ1n) is 11.8. The summed E-state index contributed by atoms with van der Waals surface area (Å²) in [6.45, 7) is 1.32. The van der Waals surface area contributed by atoms with Crippen LogP contribution in [0.3, 0.4) is 0 Å². The number of allylic oxidation sites excluding steroid dienone is 6. The molecule has 0 radical (unpaired) electrons. The van der Waals surface area contributed by atoms with Crippen molar-refractivity contribution in [1.29, 1.82) is 0 Å². The van der Waals surface area contributed by atoms with Gasteiger partial charge in [0.1, 0.15) is 18.1 Å². The van der Waals surface area contributed by atoms with Crippen molar-refractivity contribution in [2.45, 2.75) is 32.3 Å². The lowest BCUT2D eigenvalue weighted by molar-refractivity contribution is -0.123. The van der Waals surface area contributed by atoms with Gasteiger partial charge in [-0.15, -0.1) is 0 Å². The van der Waals surface area contributed by atoms with Gasteiger partial charge in [0.2, 0.25) is 11.8 Å². The Hall–Kier alpha value is -3.11. The van der Waals surface area contributed by atoms with E-state index in [1.807, 2.05) is 18.2 Å². The minimum absolute atomic E-state index is 0.212. The molecule has 1 fully saturated rings. The average Bonchev–Trinajstić information content (AvgIpc) is 3.44. The number of carbonyl (C=O) groups is 4. The molecule has 0 bridgehead atoms. The summed E-state index contributed by atoms with van der Waals surface area (Å²) >= 11 is 2.17. The number of halogens is 1. The monoisotopic (exact) mass is 595 g/mol. The topological polar surface area (TPSA) is 105 Å². The molecule has 0 spiro atoms. The number of amides is 2. The molecule has 1 aromatic heterocycles. The Balaban J connectivity index is 1.47. The number of benzene rings is 1. The van der Waals surface area contributed by atoms with Gasteiger partial charge >= 0.3 is 0 Å². The fourth-order valence-corrected chi connectivity index (χ4v) is 6.55. The molecule has 0 unspecified atom stereocenters. The highest BCUT2D eigenvalue weighted by Gasteiger charge is 2.57. The molecule has 36 heavy (non-hydrogen) atoms. The van der Waals surface area contributed by atoms with Crippen LogP contribution in [0.1, 0.15) is 37.2 Å². The van der Waals surface area contributed by atoms with E-state index < -0.39 is 23.7 Å². The maximum absolute atomic E-state index is 13.8. The van der Waals surface area contributed by atoms with Crippen molar-refractivity contribution >= 4 is 51.7 Å². The number of rotatable bonds is 3. The van der Waals surface area contributed by atoms with Crippen molar-refractivity contribution in [3.63, 3.8) is 0 Å². The largest absolute Gasteiger partial charge is 0.463 e. The van der Waals surface area contributed by atoms with E-state index in [0.717, 1.165) is 9.14 Å². The number of aliphatic hydroxyl groups is 1. The van der Waals surface area contributed by atoms with Gasteiger partial charge in [0.05, 0.1) is 23.4 Å². The predicted molar refractivity (Wildman–Crippen MR) is 138 cm³/mol. The molecule has 4 atom stereocenters. The molecule has 8 heteroatoms. The number of nitrogens with zero attached hydrogens (tertiary/aromatic N) is 1. The van der Waals surface area contributed by atoms with E-state index in [-0.39, 0.29) is 36.4 Å². The molecule has 7 nitrogen and oxygen atoms in total. The van der Waals surface area contributed by atoms with Crippen molar-refractivity contribution < 1.29 is 28.7 Å². The van der Waals surface area contributed by atoms with Gasteiger partial charge in [-0.2, -0.15) is 0 Å². The minimum Gasteiger partial charge on any atom is -0.463 e. The molecule has 3 aliphatic carbocycles. The Morgan fingerprint density at radius 2 is 1.78 bits per heavy atom. The molecule has 2 aromatic rings. The highest BCUT2D eigenvalue weighted by Crippen LogP contribution is 2.55. The SMILES string of the molecule is CC1=CC(=O)C2=C(C[C@@H]3C(=CC[C@@H]4C(=O)N(c5ccc(I)cc5)C(=O)[C@@H]43)[C@@H]2c2ccc(CO)o2)C1=O. The lowest BCUT2D eigenvalue weighted by Crippen LogP contribution is -2.39. The van der Waals surface area contributed by atoms with Crippen LogP contribution < -0.4 is 4.90 Å². The third-order valence-corrected chi connectivity index (χ3v) is 8.49. The Morgan fingerprint density at radius 3 is 2.47 bits per heavy atom. The summed E-state index contributed by atoms with van der Waals surface area (Å²) in [5, 5.41) is 9.55. The number of ketones is 2. The lowest BCUT2D eigenvalue weighted by atomic mass is 9.60. The molecule has 0 saturated carbocycles. The third kappa shape index (κ3) is 3.34. The van der Waals surface area contributed by atoms with Crippen LogP contribution in [-0.2, 0) is 25.8 Å². The summed E-state index contributed by atoms with van der Waals surface area (Å²) in [6.07, 6.45) is 3.90. The van der Waals surface area contributed by atoms with Gasteiger partial charge in [-0.1, -0.05) is 11.6 Å². The zero-order valence-corrected chi connectivity index (χ0v) is 21.5. The molecule has 2 heterocycles. The van der Waals surface area contributed by atoms with Crippen LogP contribution in [0, 0.1) is 21.3 Å². The Bertz CT molecular complexity index is 1440. The molecule has 1 N–H and O–H groups in total. The summed E-state index contributed by atoms with van der Waals surface area (Å²) in [5.41, 5.74) is 2.49. The van der Waals surface area contributed by atoms with Crippen molar-refractivity contribution in [2.24, 2.45) is 17.8 Å². The molecule has 182 valence electrons. The molecule has 1 saturated heterocycles. The first-order chi connectivity index (χ1) is 17.3. The number of furan rings is 1. The second kappa shape index (κ2) is 8.48. The average molecular weight is 595 g/mol. The van der Waals surface area contributed by atoms with Gasteiger partial charge in [-0.3, -0.25) is 24.1 Å². The zero-order chi connectivity index (χ0) is 25.3. The number of anilines is 1. The van der Waals surface area contributed by atoms with Crippen molar-refractivity contribution in [2.75, 3.05) is 4.90 Å². The van der Waals surface area contributed by atoms with E-state index in [1.54, 1.807) is 31.2 Å². The number of aliphatic hydroxyl groups excluding tert-OH is 1. The van der Waals surface area contributed by atoms with Crippen molar-refractivity contribution in [3.8, 4) is 0 Å². The second-order valence-electron chi connectivity index (χ2n) is 9.68. The van der Waals surface area contributed by atoms with Crippen LogP contribution in [0.4, 0.5) is 5.69 Å². The van der Waals surface area contributed by atoms with Gasteiger partial charge in [-0.05, 0) is 90.7 Å². The number of imide groups is 1. The summed E-state index contributed by atoms with van der Waals surface area (Å²) < 4.78 is 6.87. The van der Waals surface area contributed by atoms with Crippen LogP contribution in [0.2, 0.25) is 0 Å². The molecule has 6 rings (SSSR count). The van der Waals surface area contributed by atoms with Crippen LogP contribution in [0.15, 0.2) is 75.3 Å². The van der Waals surface area contributed by atoms with Gasteiger partial charge in [0.15, 0.2) is 11.6 Å². The number of Topliss-reactive ketones (excluding diaryl/α,β-unsaturated/α-hetero) is 1. The van der Waals surface area contributed by atoms with E-state index >= 15 is 0 Å². The van der Waals surface area contributed by atoms with Gasteiger partial charge < -0.3 is 9.52 Å². The quantitative estimate of drug-likeness (QED) is 0.249. The van der Waals surface area contributed by atoms with Gasteiger partial charge in [0, 0.05) is 20.3 Å². The Labute approximate surface area is 220 Å². The lowest BCUT2D eigenvalue weighted by Gasteiger charge is -2.41. The third-order valence-electron chi connectivity index (χ3n) is 7.77. The summed E-state index contributed by atoms with van der Waals surface area (Å²) in [7, 11) is 0. The molecule has 1 aliphatic heterocycles. The molecular weight excluding hydrogens is 573 g/mol. The van der Waals surface area contributed by atoms with Gasteiger partial charge in [0.25, 0.3) is 0 Å². The van der Waals surface area contributed by atoms with Crippen LogP contribution in [-0.4, -0.2) is 28.5 Å². The maximum Gasteiger partial charge on any atom is 0.238 e. The molecule has 4 aliphatic rings. The summed E-state index contributed by atoms with van der Waals surface area (Å²) in [4.78, 5) is 54.9. The van der Waals surface area contributed by atoms with E-state index in [2.05, 4.69) is 22.6 Å². The highest BCUT2D eigenvalue weighted by atomic mass is 127. The van der Waals surface area contributed by atoms with Crippen LogP contribution in [0.5, 0.6) is 0 Å². The van der Waals surface area contributed by atoms with E-state index in [0.29, 0.717) is 40.3 Å². The van der Waals surface area contributed by atoms with E-state index in [9.17, 15) is 24.3 Å². The highest BCUT2D eigenvalue weighted by molar-refractivity contribution is 14.1. The maximum atomic E-state index is 13.8. The van der Waals surface area contributed by atoms with Crippen LogP contribution >= 0.6 is 22.6 Å². The number of hydrogen-bond donors (Lipinski definition) is 1. The zero-order valence-electron chi connectivity index (χ0n) is 19.4. The second-order valence-corrected chi connectivity index (χ2v) is 10.9. The predicted octanol–water partition coefficient (Wildman–Crippen LogP) is 4.01. The van der Waals surface area contributed by atoms with Crippen molar-refractivity contribution in [1.82, 2.24) is 0 Å². The Kier molecular flexibility index (Phi) is 5.49. The first kappa shape index (κ1) is 23.3. The Morgan fingerprint density at radius 1 is 1.03 bits per heavy atom. The van der Waals surface area contributed by atoms with E-state index in [1.165, 1.54) is 11.0 Å². The normalized spacial score (nSPS) is 27.6. The van der Waals surface area contributed by atoms with Crippen LogP contribution in [0.25, 0.3) is 0 Å². The number of hydrogen-bond acceptors (Lipinski definition) is 6. The number of carbonyl (C=O) groups excluding carboxylic acids is 4. The molecule has 2 amide bonds. The molecular formula is C28H22INO6. The fourth-order valence-electron chi connectivity index (χ4n) is 6.19. The van der Waals surface area contributed by atoms with E-state index in [4.69, 9.17) is 4.42 Å². The number of fused-ring (bicyclic) bond motifs is 3. The smallest absolute Gasteiger partial charge is 0.238 e. The first-order valence-corrected chi connectivity index (χ1v) is 12.9. The molecule has 1 aromatic carbocycles. The summed E-state index contributed by atoms with van der Waals surface area (Å²) in [5.74, 6) is -2.38. The summed E-state index contributed by atoms with van der Waals surface area (Å²) in [6, 6.07) is 10.6. The minimum atomic E-state index is -0.643. The van der Waals surface area contributed by atoms with Crippen molar-refractivity contribution in [3.05, 3.63) is 85.9 Å². The fraction of sp³-hybridized carbons (Fsp3) is 0.286. The standard InChI is InChI=1S/C28H22INO6/c1-13-10-21(32)24-20(26(13)33)11-19-17(25(24)22-9-6-16(12-31)36-22)7-8-18-23(19)28(35)30(27(18)34)15-4-2-14(29)3-5-15/h2-7,9-10,18-19,23,25,31H,8,11-12H2,1H3/t18-,19+,23-,25+/m0/s1.